The summed E-state index contributed by atoms with van der Waals surface area (Å²) in [4.78, 5) is 29.8. The molecule has 1 amide bonds. The van der Waals surface area contributed by atoms with Gasteiger partial charge in [0.2, 0.25) is 0 Å². The van der Waals surface area contributed by atoms with Crippen LogP contribution in [0.1, 0.15) is 10.5 Å². The summed E-state index contributed by atoms with van der Waals surface area (Å²) in [6.45, 7) is 2.89. The molecule has 26 heavy (non-hydrogen) atoms. The van der Waals surface area contributed by atoms with Crippen molar-refractivity contribution in [1.29, 1.82) is 0 Å². The largest absolute Gasteiger partial charge is 0.378 e. The van der Waals surface area contributed by atoms with Gasteiger partial charge in [0, 0.05) is 18.5 Å². The van der Waals surface area contributed by atoms with Crippen molar-refractivity contribution >= 4 is 28.1 Å². The second kappa shape index (κ2) is 7.01. The van der Waals surface area contributed by atoms with Crippen LogP contribution in [-0.4, -0.2) is 37.2 Å². The van der Waals surface area contributed by atoms with Crippen LogP contribution in [0.25, 0.3) is 10.8 Å². The maximum Gasteiger partial charge on any atom is 0.272 e. The summed E-state index contributed by atoms with van der Waals surface area (Å²) in [7, 11) is 0. The molecule has 1 aliphatic rings. The Bertz CT molecular complexity index is 1010. The van der Waals surface area contributed by atoms with Gasteiger partial charge in [-0.15, -0.1) is 0 Å². The highest BCUT2D eigenvalue weighted by Crippen LogP contribution is 2.26. The van der Waals surface area contributed by atoms with Crippen molar-refractivity contribution in [3.63, 3.8) is 0 Å². The molecule has 0 aliphatic carbocycles. The second-order valence-electron chi connectivity index (χ2n) is 6.17. The van der Waals surface area contributed by atoms with Crippen LogP contribution in [-0.2, 0) is 4.74 Å². The normalized spacial score (nSPS) is 14.4. The van der Waals surface area contributed by atoms with E-state index in [0.717, 1.165) is 24.2 Å². The average Bonchev–Trinajstić information content (AvgIpc) is 2.69. The van der Waals surface area contributed by atoms with Gasteiger partial charge in [-0.3, -0.25) is 9.59 Å². The third-order valence-corrected chi connectivity index (χ3v) is 4.50. The lowest BCUT2D eigenvalue weighted by molar-refractivity contribution is 0.102. The molecule has 4 rings (SSSR count). The molecule has 0 spiro atoms. The predicted molar refractivity (Wildman–Crippen MR) is 102 cm³/mol. The highest BCUT2D eigenvalue weighted by Gasteiger charge is 2.17. The van der Waals surface area contributed by atoms with E-state index in [1.807, 2.05) is 36.4 Å². The molecule has 0 radical (unpaired) electrons. The predicted octanol–water partition coefficient (Wildman–Crippen LogP) is 2.62. The van der Waals surface area contributed by atoms with E-state index in [4.69, 9.17) is 4.74 Å². The molecule has 0 unspecified atom stereocenters. The molecule has 0 bridgehead atoms. The highest BCUT2D eigenvalue weighted by molar-refractivity contribution is 6.06. The number of benzene rings is 2. The minimum atomic E-state index is -0.339. The van der Waals surface area contributed by atoms with Crippen molar-refractivity contribution in [3.05, 3.63) is 70.6 Å². The number of rotatable bonds is 3. The van der Waals surface area contributed by atoms with Gasteiger partial charge in [-0.1, -0.05) is 30.3 Å². The Kier molecular flexibility index (Phi) is 4.41. The van der Waals surface area contributed by atoms with Gasteiger partial charge in [0.15, 0.2) is 0 Å². The average molecular weight is 349 g/mol. The van der Waals surface area contributed by atoms with Crippen molar-refractivity contribution in [1.82, 2.24) is 4.98 Å². The minimum absolute atomic E-state index is 0.241. The van der Waals surface area contributed by atoms with Crippen LogP contribution < -0.4 is 15.8 Å². The fourth-order valence-electron chi connectivity index (χ4n) is 3.18. The summed E-state index contributed by atoms with van der Waals surface area (Å²) in [5.74, 6) is -0.339. The van der Waals surface area contributed by atoms with Crippen LogP contribution in [0.2, 0.25) is 0 Å². The molecule has 2 heterocycles. The molecule has 0 atom stereocenters. The molecule has 1 aromatic heterocycles. The summed E-state index contributed by atoms with van der Waals surface area (Å²) >= 11 is 0. The highest BCUT2D eigenvalue weighted by atomic mass is 16.5. The van der Waals surface area contributed by atoms with Crippen molar-refractivity contribution in [2.45, 2.75) is 0 Å². The molecular formula is C20H19N3O3. The number of anilines is 2. The van der Waals surface area contributed by atoms with Gasteiger partial charge in [0.25, 0.3) is 11.5 Å². The summed E-state index contributed by atoms with van der Waals surface area (Å²) in [5, 5.41) is 4.23. The third kappa shape index (κ3) is 3.19. The molecule has 6 heteroatoms. The standard InChI is InChI=1S/C20H19N3O3/c24-19-15-6-2-1-5-14(15)13-17(22-19)20(25)21-16-7-3-4-8-18(16)23-9-11-26-12-10-23/h1-8,13H,9-12H2,(H,21,25)(H,22,24). The first kappa shape index (κ1) is 16.4. The number of fused-ring (bicyclic) bond motifs is 1. The summed E-state index contributed by atoms with van der Waals surface area (Å²) in [6.07, 6.45) is 0. The third-order valence-electron chi connectivity index (χ3n) is 4.50. The Morgan fingerprint density at radius 1 is 1.04 bits per heavy atom. The number of aromatic amines is 1. The Labute approximate surface area is 150 Å². The maximum atomic E-state index is 12.7. The van der Waals surface area contributed by atoms with E-state index in [0.29, 0.717) is 24.3 Å². The molecule has 1 fully saturated rings. The smallest absolute Gasteiger partial charge is 0.272 e. The number of aromatic nitrogens is 1. The van der Waals surface area contributed by atoms with Gasteiger partial charge in [-0.05, 0) is 29.7 Å². The van der Waals surface area contributed by atoms with Crippen LogP contribution in [0.4, 0.5) is 11.4 Å². The lowest BCUT2D eigenvalue weighted by atomic mass is 10.1. The Hall–Kier alpha value is -3.12. The van der Waals surface area contributed by atoms with Crippen LogP contribution in [0.3, 0.4) is 0 Å². The number of pyridine rings is 1. The molecule has 0 saturated carbocycles. The number of carbonyl (C=O) groups excluding carboxylic acids is 1. The van der Waals surface area contributed by atoms with Crippen molar-refractivity contribution in [2.75, 3.05) is 36.5 Å². The SMILES string of the molecule is O=C(Nc1ccccc1N1CCOCC1)c1cc2ccccc2c(=O)[nH]1. The summed E-state index contributed by atoms with van der Waals surface area (Å²) < 4.78 is 5.40. The lowest BCUT2D eigenvalue weighted by Crippen LogP contribution is -2.36. The molecule has 1 aliphatic heterocycles. The molecule has 2 aromatic carbocycles. The van der Waals surface area contributed by atoms with Gasteiger partial charge < -0.3 is 19.9 Å². The van der Waals surface area contributed by atoms with E-state index in [1.54, 1.807) is 18.2 Å². The minimum Gasteiger partial charge on any atom is -0.378 e. The topological polar surface area (TPSA) is 74.4 Å². The first-order chi connectivity index (χ1) is 12.7. The zero-order valence-corrected chi connectivity index (χ0v) is 14.2. The molecule has 6 nitrogen and oxygen atoms in total. The number of carbonyl (C=O) groups is 1. The van der Waals surface area contributed by atoms with E-state index in [2.05, 4.69) is 15.2 Å². The van der Waals surface area contributed by atoms with E-state index >= 15 is 0 Å². The zero-order valence-electron chi connectivity index (χ0n) is 14.2. The second-order valence-corrected chi connectivity index (χ2v) is 6.17. The van der Waals surface area contributed by atoms with Gasteiger partial charge in [0.05, 0.1) is 24.6 Å². The monoisotopic (exact) mass is 349 g/mol. The lowest BCUT2D eigenvalue weighted by Gasteiger charge is -2.30. The zero-order chi connectivity index (χ0) is 17.9. The molecule has 3 aromatic rings. The van der Waals surface area contributed by atoms with E-state index in [1.165, 1.54) is 0 Å². The molecule has 1 saturated heterocycles. The number of H-pyrrole nitrogens is 1. The number of hydrogen-bond donors (Lipinski definition) is 2. The first-order valence-electron chi connectivity index (χ1n) is 8.57. The fraction of sp³-hybridized carbons (Fsp3) is 0.200. The van der Waals surface area contributed by atoms with Gasteiger partial charge in [-0.2, -0.15) is 0 Å². The Morgan fingerprint density at radius 2 is 1.77 bits per heavy atom. The first-order valence-corrected chi connectivity index (χ1v) is 8.57. The number of amides is 1. The van der Waals surface area contributed by atoms with Crippen LogP contribution in [0.5, 0.6) is 0 Å². The van der Waals surface area contributed by atoms with Crippen LogP contribution >= 0.6 is 0 Å². The molecular weight excluding hydrogens is 330 g/mol. The summed E-state index contributed by atoms with van der Waals surface area (Å²) in [6, 6.07) is 16.6. The quantitative estimate of drug-likeness (QED) is 0.762. The van der Waals surface area contributed by atoms with Crippen LogP contribution in [0, 0.1) is 0 Å². The van der Waals surface area contributed by atoms with Crippen molar-refractivity contribution in [3.8, 4) is 0 Å². The number of morpholine rings is 1. The van der Waals surface area contributed by atoms with Gasteiger partial charge >= 0.3 is 0 Å². The van der Waals surface area contributed by atoms with E-state index in [-0.39, 0.29) is 17.2 Å². The Balaban J connectivity index is 1.64. The van der Waals surface area contributed by atoms with Crippen molar-refractivity contribution in [2.24, 2.45) is 0 Å². The van der Waals surface area contributed by atoms with Crippen molar-refractivity contribution < 1.29 is 9.53 Å². The molecule has 132 valence electrons. The number of nitrogens with zero attached hydrogens (tertiary/aromatic N) is 1. The fourth-order valence-corrected chi connectivity index (χ4v) is 3.18. The summed E-state index contributed by atoms with van der Waals surface area (Å²) in [5.41, 5.74) is 1.64. The van der Waals surface area contributed by atoms with Gasteiger partial charge in [-0.25, -0.2) is 0 Å². The number of ether oxygens (including phenoxy) is 1. The number of nitrogens with one attached hydrogen (secondary N) is 2. The molecule has 2 N–H and O–H groups in total. The van der Waals surface area contributed by atoms with E-state index < -0.39 is 0 Å². The number of para-hydroxylation sites is 2. The Morgan fingerprint density at radius 3 is 2.62 bits per heavy atom. The van der Waals surface area contributed by atoms with Gasteiger partial charge in [0.1, 0.15) is 5.69 Å². The van der Waals surface area contributed by atoms with E-state index in [9.17, 15) is 9.59 Å². The maximum absolute atomic E-state index is 12.7. The van der Waals surface area contributed by atoms with Crippen LogP contribution in [0.15, 0.2) is 59.4 Å². The number of hydrogen-bond acceptors (Lipinski definition) is 4.